The highest BCUT2D eigenvalue weighted by Crippen LogP contribution is 2.26. The molecule has 1 saturated heterocycles. The van der Waals surface area contributed by atoms with Gasteiger partial charge >= 0.3 is 0 Å². The summed E-state index contributed by atoms with van der Waals surface area (Å²) in [4.78, 5) is 33.1. The highest BCUT2D eigenvalue weighted by atomic mass is 35.5. The Bertz CT molecular complexity index is 1190. The molecule has 174 valence electrons. The van der Waals surface area contributed by atoms with Gasteiger partial charge in [0.2, 0.25) is 0 Å². The van der Waals surface area contributed by atoms with Crippen molar-refractivity contribution in [2.45, 2.75) is 18.1 Å². The van der Waals surface area contributed by atoms with Crippen molar-refractivity contribution in [3.05, 3.63) is 63.4 Å². The monoisotopic (exact) mass is 487 g/mol. The van der Waals surface area contributed by atoms with Gasteiger partial charge in [-0.1, -0.05) is 35.5 Å². The first-order valence-corrected chi connectivity index (χ1v) is 12.2. The molecular weight excluding hydrogens is 462 g/mol. The number of aromatic nitrogens is 2. The quantitative estimate of drug-likeness (QED) is 0.258. The Hall–Kier alpha value is -2.39. The molecule has 0 atom stereocenters. The minimum Gasteiger partial charge on any atom is -0.495 e. The minimum absolute atomic E-state index is 0.0787. The second-order valence-corrected chi connectivity index (χ2v) is 9.09. The van der Waals surface area contributed by atoms with Crippen LogP contribution in [0.2, 0.25) is 5.02 Å². The summed E-state index contributed by atoms with van der Waals surface area (Å²) in [5, 5.41) is 1.52. The number of thioether (sulfide) groups is 1. The lowest BCUT2D eigenvalue weighted by molar-refractivity contribution is 0.0368. The number of Topliss-reactive ketones (excluding diaryl/α,β-unsaturated/α-hetero) is 1. The maximum Gasteiger partial charge on any atom is 0.262 e. The van der Waals surface area contributed by atoms with E-state index < -0.39 is 0 Å². The van der Waals surface area contributed by atoms with E-state index in [1.165, 1.54) is 18.9 Å². The molecule has 0 spiro atoms. The fraction of sp³-hybridized carbons (Fsp3) is 0.375. The third kappa shape index (κ3) is 5.76. The first-order valence-electron chi connectivity index (χ1n) is 10.9. The van der Waals surface area contributed by atoms with Crippen molar-refractivity contribution in [3.63, 3.8) is 0 Å². The van der Waals surface area contributed by atoms with Gasteiger partial charge in [0.05, 0.1) is 42.0 Å². The van der Waals surface area contributed by atoms with Gasteiger partial charge in [-0.15, -0.1) is 0 Å². The summed E-state index contributed by atoms with van der Waals surface area (Å²) in [5.41, 5.74) is 1.05. The van der Waals surface area contributed by atoms with Crippen LogP contribution in [0.25, 0.3) is 10.9 Å². The predicted molar refractivity (Wildman–Crippen MR) is 131 cm³/mol. The molecule has 0 saturated carbocycles. The number of ether oxygens (including phenoxy) is 2. The molecular formula is C24H26ClN3O4S. The lowest BCUT2D eigenvalue weighted by Crippen LogP contribution is -2.37. The van der Waals surface area contributed by atoms with Crippen molar-refractivity contribution >= 4 is 40.0 Å². The number of ketones is 1. The van der Waals surface area contributed by atoms with Gasteiger partial charge in [0.1, 0.15) is 5.75 Å². The van der Waals surface area contributed by atoms with Crippen molar-refractivity contribution in [1.29, 1.82) is 0 Å². The normalized spacial score (nSPS) is 14.5. The van der Waals surface area contributed by atoms with Crippen LogP contribution in [0.4, 0.5) is 0 Å². The number of rotatable bonds is 9. The van der Waals surface area contributed by atoms with E-state index in [2.05, 4.69) is 4.90 Å². The van der Waals surface area contributed by atoms with Gasteiger partial charge in [0.15, 0.2) is 10.9 Å². The van der Waals surface area contributed by atoms with Gasteiger partial charge in [-0.2, -0.15) is 0 Å². The van der Waals surface area contributed by atoms with E-state index in [-0.39, 0.29) is 17.1 Å². The molecule has 0 aliphatic carbocycles. The Morgan fingerprint density at radius 1 is 1.18 bits per heavy atom. The molecule has 2 heterocycles. The third-order valence-electron chi connectivity index (χ3n) is 5.59. The van der Waals surface area contributed by atoms with Gasteiger partial charge in [-0.25, -0.2) is 4.98 Å². The zero-order valence-electron chi connectivity index (χ0n) is 18.5. The van der Waals surface area contributed by atoms with Gasteiger partial charge in [0.25, 0.3) is 5.56 Å². The molecule has 1 aliphatic heterocycles. The Kier molecular flexibility index (Phi) is 8.03. The third-order valence-corrected chi connectivity index (χ3v) is 6.86. The van der Waals surface area contributed by atoms with Crippen LogP contribution in [0.5, 0.6) is 5.75 Å². The predicted octanol–water partition coefficient (Wildman–Crippen LogP) is 3.76. The maximum atomic E-state index is 13.2. The second-order valence-electron chi connectivity index (χ2n) is 7.74. The second kappa shape index (κ2) is 11.2. The number of halogens is 1. The Balaban J connectivity index is 1.52. The van der Waals surface area contributed by atoms with Gasteiger partial charge in [-0.3, -0.25) is 19.1 Å². The van der Waals surface area contributed by atoms with Crippen LogP contribution >= 0.6 is 23.4 Å². The number of methoxy groups -OCH3 is 1. The number of carbonyl (C=O) groups is 1. The van der Waals surface area contributed by atoms with Crippen LogP contribution < -0.4 is 10.3 Å². The Labute approximate surface area is 201 Å². The SMILES string of the molecule is COc1ccc(C(=O)CSc2nc3ccccc3c(=O)n2CCCN2CCOCC2)cc1Cl. The highest BCUT2D eigenvalue weighted by Gasteiger charge is 2.16. The molecule has 4 rings (SSSR count). The van der Waals surface area contributed by atoms with E-state index in [4.69, 9.17) is 26.1 Å². The number of carbonyl (C=O) groups excluding carboxylic acids is 1. The first kappa shape index (κ1) is 23.8. The van der Waals surface area contributed by atoms with E-state index in [0.29, 0.717) is 38.9 Å². The average Bonchev–Trinajstić information content (AvgIpc) is 2.84. The number of fused-ring (bicyclic) bond motifs is 1. The summed E-state index contributed by atoms with van der Waals surface area (Å²) in [6, 6.07) is 12.3. The molecule has 0 unspecified atom stereocenters. The highest BCUT2D eigenvalue weighted by molar-refractivity contribution is 7.99. The summed E-state index contributed by atoms with van der Waals surface area (Å²) in [7, 11) is 1.53. The molecule has 0 amide bonds. The Morgan fingerprint density at radius 3 is 2.73 bits per heavy atom. The smallest absolute Gasteiger partial charge is 0.262 e. The molecule has 7 nitrogen and oxygen atoms in total. The number of para-hydroxylation sites is 1. The van der Waals surface area contributed by atoms with E-state index in [9.17, 15) is 9.59 Å². The molecule has 1 fully saturated rings. The average molecular weight is 488 g/mol. The summed E-state index contributed by atoms with van der Waals surface area (Å²) < 4.78 is 12.3. The van der Waals surface area contributed by atoms with Crippen LogP contribution in [0.15, 0.2) is 52.4 Å². The molecule has 2 aromatic carbocycles. The van der Waals surface area contributed by atoms with Crippen LogP contribution in [-0.2, 0) is 11.3 Å². The largest absolute Gasteiger partial charge is 0.495 e. The number of morpholine rings is 1. The molecule has 3 aromatic rings. The van der Waals surface area contributed by atoms with E-state index in [0.717, 1.165) is 39.3 Å². The van der Waals surface area contributed by atoms with Crippen LogP contribution in [-0.4, -0.2) is 65.9 Å². The van der Waals surface area contributed by atoms with Gasteiger partial charge < -0.3 is 9.47 Å². The van der Waals surface area contributed by atoms with Crippen LogP contribution in [0, 0.1) is 0 Å². The maximum absolute atomic E-state index is 13.2. The summed E-state index contributed by atoms with van der Waals surface area (Å²) in [5.74, 6) is 0.578. The fourth-order valence-corrected chi connectivity index (χ4v) is 4.96. The van der Waals surface area contributed by atoms with E-state index >= 15 is 0 Å². The van der Waals surface area contributed by atoms with Crippen molar-refractivity contribution in [2.24, 2.45) is 0 Å². The number of nitrogens with zero attached hydrogens (tertiary/aromatic N) is 3. The zero-order chi connectivity index (χ0) is 23.2. The lowest BCUT2D eigenvalue weighted by Gasteiger charge is -2.26. The van der Waals surface area contributed by atoms with E-state index in [1.807, 2.05) is 18.2 Å². The standard InChI is InChI=1S/C24H26ClN3O4S/c1-31-22-8-7-17(15-19(22)25)21(29)16-33-24-26-20-6-3-2-5-18(20)23(30)28(24)10-4-9-27-11-13-32-14-12-27/h2-3,5-8,15H,4,9-14,16H2,1H3. The lowest BCUT2D eigenvalue weighted by atomic mass is 10.1. The molecule has 9 heteroatoms. The molecule has 33 heavy (non-hydrogen) atoms. The zero-order valence-corrected chi connectivity index (χ0v) is 20.0. The summed E-state index contributed by atoms with van der Waals surface area (Å²) in [6.45, 7) is 4.73. The summed E-state index contributed by atoms with van der Waals surface area (Å²) in [6.07, 6.45) is 0.815. The molecule has 1 aromatic heterocycles. The molecule has 0 N–H and O–H groups in total. The van der Waals surface area contributed by atoms with Crippen molar-refractivity contribution in [2.75, 3.05) is 45.7 Å². The topological polar surface area (TPSA) is 73.7 Å². The number of hydrogen-bond acceptors (Lipinski definition) is 7. The minimum atomic E-state index is -0.0909. The van der Waals surface area contributed by atoms with Crippen molar-refractivity contribution in [1.82, 2.24) is 14.5 Å². The van der Waals surface area contributed by atoms with Crippen molar-refractivity contribution in [3.8, 4) is 5.75 Å². The Morgan fingerprint density at radius 2 is 1.97 bits per heavy atom. The van der Waals surface area contributed by atoms with Crippen molar-refractivity contribution < 1.29 is 14.3 Å². The first-order chi connectivity index (χ1) is 16.1. The van der Waals surface area contributed by atoms with E-state index in [1.54, 1.807) is 28.8 Å². The number of benzene rings is 2. The fourth-order valence-electron chi connectivity index (χ4n) is 3.79. The van der Waals surface area contributed by atoms with Gasteiger partial charge in [-0.05, 0) is 36.8 Å². The number of hydrogen-bond donors (Lipinski definition) is 0. The molecule has 1 aliphatic rings. The molecule has 0 radical (unpaired) electrons. The summed E-state index contributed by atoms with van der Waals surface area (Å²) >= 11 is 7.44. The molecule has 0 bridgehead atoms. The van der Waals surface area contributed by atoms with Gasteiger partial charge in [0, 0.05) is 31.7 Å². The van der Waals surface area contributed by atoms with Crippen LogP contribution in [0.3, 0.4) is 0 Å². The van der Waals surface area contributed by atoms with Crippen LogP contribution in [0.1, 0.15) is 16.8 Å².